The van der Waals surface area contributed by atoms with Crippen molar-refractivity contribution in [2.75, 3.05) is 14.1 Å². The molecule has 0 spiro atoms. The van der Waals surface area contributed by atoms with Crippen molar-refractivity contribution in [1.29, 1.82) is 0 Å². The summed E-state index contributed by atoms with van der Waals surface area (Å²) in [5.74, 6) is 0. The Morgan fingerprint density at radius 2 is 2.00 bits per heavy atom. The summed E-state index contributed by atoms with van der Waals surface area (Å²) in [4.78, 5) is 2.30. The van der Waals surface area contributed by atoms with Gasteiger partial charge in [-0.05, 0) is 50.9 Å². The molecule has 1 nitrogen and oxygen atoms in total. The molecule has 0 heterocycles. The highest BCUT2D eigenvalue weighted by Crippen LogP contribution is 2.34. The predicted octanol–water partition coefficient (Wildman–Crippen LogP) is 2.36. The maximum Gasteiger partial charge on any atom is 0.0312 e. The highest BCUT2D eigenvalue weighted by molar-refractivity contribution is 5.39. The van der Waals surface area contributed by atoms with Gasteiger partial charge in [-0.25, -0.2) is 0 Å². The SMILES string of the molecule is CN(C)C1C=C2CCCC2=CC1. The molecular formula is C11H17N. The number of likely N-dealkylation sites (N-methyl/N-ethyl adjacent to an activating group) is 1. The van der Waals surface area contributed by atoms with Gasteiger partial charge in [-0.15, -0.1) is 0 Å². The lowest BCUT2D eigenvalue weighted by atomic mass is 9.97. The Kier molecular flexibility index (Phi) is 2.05. The first-order valence-corrected chi connectivity index (χ1v) is 4.84. The molecule has 1 saturated carbocycles. The van der Waals surface area contributed by atoms with Crippen molar-refractivity contribution in [3.8, 4) is 0 Å². The summed E-state index contributed by atoms with van der Waals surface area (Å²) < 4.78 is 0. The number of nitrogens with zero attached hydrogens (tertiary/aromatic N) is 1. The van der Waals surface area contributed by atoms with Crippen molar-refractivity contribution in [3.05, 3.63) is 23.3 Å². The normalized spacial score (nSPS) is 28.4. The highest BCUT2D eigenvalue weighted by Gasteiger charge is 2.20. The number of fused-ring (bicyclic) bond motifs is 1. The summed E-state index contributed by atoms with van der Waals surface area (Å²) in [5, 5.41) is 0. The Labute approximate surface area is 74.8 Å². The minimum Gasteiger partial charge on any atom is -0.303 e. The monoisotopic (exact) mass is 163 g/mol. The molecule has 0 amide bonds. The third kappa shape index (κ3) is 1.34. The van der Waals surface area contributed by atoms with Crippen LogP contribution in [0.2, 0.25) is 0 Å². The summed E-state index contributed by atoms with van der Waals surface area (Å²) in [6.07, 6.45) is 10.1. The number of rotatable bonds is 1. The first-order valence-electron chi connectivity index (χ1n) is 4.84. The molecule has 0 N–H and O–H groups in total. The first-order chi connectivity index (χ1) is 5.77. The molecule has 1 heteroatoms. The van der Waals surface area contributed by atoms with Gasteiger partial charge < -0.3 is 4.90 Å². The van der Waals surface area contributed by atoms with Crippen LogP contribution in [0.1, 0.15) is 25.7 Å². The lowest BCUT2D eigenvalue weighted by Crippen LogP contribution is -2.27. The van der Waals surface area contributed by atoms with Crippen LogP contribution in [0.15, 0.2) is 23.3 Å². The van der Waals surface area contributed by atoms with E-state index in [-0.39, 0.29) is 0 Å². The van der Waals surface area contributed by atoms with E-state index in [9.17, 15) is 0 Å². The Balaban J connectivity index is 2.16. The molecule has 2 rings (SSSR count). The van der Waals surface area contributed by atoms with E-state index in [2.05, 4.69) is 31.1 Å². The molecule has 0 saturated heterocycles. The number of hydrogen-bond donors (Lipinski definition) is 0. The van der Waals surface area contributed by atoms with Crippen molar-refractivity contribution in [2.24, 2.45) is 0 Å². The summed E-state index contributed by atoms with van der Waals surface area (Å²) in [7, 11) is 4.32. The number of hydrogen-bond acceptors (Lipinski definition) is 1. The molecular weight excluding hydrogens is 146 g/mol. The molecule has 2 aliphatic carbocycles. The van der Waals surface area contributed by atoms with Gasteiger partial charge in [0.15, 0.2) is 0 Å². The largest absolute Gasteiger partial charge is 0.303 e. The van der Waals surface area contributed by atoms with Crippen LogP contribution in [0.25, 0.3) is 0 Å². The summed E-state index contributed by atoms with van der Waals surface area (Å²) in [6, 6.07) is 0.654. The topological polar surface area (TPSA) is 3.24 Å². The van der Waals surface area contributed by atoms with Crippen LogP contribution in [-0.4, -0.2) is 25.0 Å². The minimum absolute atomic E-state index is 0.654. The van der Waals surface area contributed by atoms with Crippen molar-refractivity contribution in [3.63, 3.8) is 0 Å². The van der Waals surface area contributed by atoms with E-state index in [0.717, 1.165) is 0 Å². The quantitative estimate of drug-likeness (QED) is 0.573. The standard InChI is InChI=1S/C11H17N/c1-12(2)11-7-6-9-4-3-5-10(9)8-11/h6,8,11H,3-5,7H2,1-2H3. The molecule has 12 heavy (non-hydrogen) atoms. The van der Waals surface area contributed by atoms with Gasteiger partial charge in [0.05, 0.1) is 0 Å². The van der Waals surface area contributed by atoms with Crippen LogP contribution in [0.4, 0.5) is 0 Å². The van der Waals surface area contributed by atoms with Crippen molar-refractivity contribution in [2.45, 2.75) is 31.7 Å². The zero-order valence-corrected chi connectivity index (χ0v) is 8.01. The van der Waals surface area contributed by atoms with Gasteiger partial charge in [0.1, 0.15) is 0 Å². The van der Waals surface area contributed by atoms with Gasteiger partial charge in [-0.1, -0.05) is 12.2 Å². The Bertz CT molecular complexity index is 235. The average molecular weight is 163 g/mol. The Morgan fingerprint density at radius 1 is 1.25 bits per heavy atom. The zero-order chi connectivity index (χ0) is 8.55. The van der Waals surface area contributed by atoms with Crippen LogP contribution in [0.3, 0.4) is 0 Å². The number of allylic oxidation sites excluding steroid dienone is 2. The van der Waals surface area contributed by atoms with Crippen LogP contribution >= 0.6 is 0 Å². The summed E-state index contributed by atoms with van der Waals surface area (Å²) in [6.45, 7) is 0. The van der Waals surface area contributed by atoms with Gasteiger partial charge in [0.25, 0.3) is 0 Å². The predicted molar refractivity (Wildman–Crippen MR) is 52.1 cm³/mol. The highest BCUT2D eigenvalue weighted by atomic mass is 15.1. The summed E-state index contributed by atoms with van der Waals surface area (Å²) >= 11 is 0. The molecule has 1 unspecified atom stereocenters. The van der Waals surface area contributed by atoms with E-state index in [1.807, 2.05) is 0 Å². The van der Waals surface area contributed by atoms with Crippen molar-refractivity contribution in [1.82, 2.24) is 4.90 Å². The van der Waals surface area contributed by atoms with Crippen LogP contribution in [-0.2, 0) is 0 Å². The van der Waals surface area contributed by atoms with E-state index < -0.39 is 0 Å². The van der Waals surface area contributed by atoms with Crippen LogP contribution < -0.4 is 0 Å². The van der Waals surface area contributed by atoms with Gasteiger partial charge >= 0.3 is 0 Å². The third-order valence-corrected chi connectivity index (χ3v) is 2.97. The van der Waals surface area contributed by atoms with Gasteiger partial charge in [-0.2, -0.15) is 0 Å². The molecule has 0 aromatic carbocycles. The minimum atomic E-state index is 0.654. The van der Waals surface area contributed by atoms with Crippen molar-refractivity contribution >= 4 is 0 Å². The van der Waals surface area contributed by atoms with E-state index in [4.69, 9.17) is 0 Å². The lowest BCUT2D eigenvalue weighted by molar-refractivity contribution is 0.342. The Morgan fingerprint density at radius 3 is 2.75 bits per heavy atom. The molecule has 66 valence electrons. The second-order valence-corrected chi connectivity index (χ2v) is 4.04. The van der Waals surface area contributed by atoms with Gasteiger partial charge in [-0.3, -0.25) is 0 Å². The van der Waals surface area contributed by atoms with E-state index in [1.54, 1.807) is 11.1 Å². The van der Waals surface area contributed by atoms with Crippen LogP contribution in [0, 0.1) is 0 Å². The maximum atomic E-state index is 2.46. The average Bonchev–Trinajstić information content (AvgIpc) is 2.49. The molecule has 2 aliphatic rings. The first kappa shape index (κ1) is 8.06. The molecule has 0 aromatic heterocycles. The fourth-order valence-electron chi connectivity index (χ4n) is 2.14. The van der Waals surface area contributed by atoms with Crippen molar-refractivity contribution < 1.29 is 0 Å². The fraction of sp³-hybridized carbons (Fsp3) is 0.636. The second kappa shape index (κ2) is 3.06. The molecule has 0 aromatic rings. The van der Waals surface area contributed by atoms with E-state index in [0.29, 0.717) is 6.04 Å². The van der Waals surface area contributed by atoms with Gasteiger partial charge in [0.2, 0.25) is 0 Å². The Hall–Kier alpha value is -0.560. The zero-order valence-electron chi connectivity index (χ0n) is 8.01. The maximum absolute atomic E-state index is 2.46. The second-order valence-electron chi connectivity index (χ2n) is 4.04. The summed E-state index contributed by atoms with van der Waals surface area (Å²) in [5.41, 5.74) is 3.26. The lowest BCUT2D eigenvalue weighted by Gasteiger charge is -2.24. The molecule has 0 radical (unpaired) electrons. The van der Waals surface area contributed by atoms with E-state index in [1.165, 1.54) is 25.7 Å². The molecule has 0 bridgehead atoms. The van der Waals surface area contributed by atoms with Gasteiger partial charge in [0, 0.05) is 6.04 Å². The molecule has 1 fully saturated rings. The molecule has 0 aliphatic heterocycles. The van der Waals surface area contributed by atoms with E-state index >= 15 is 0 Å². The van der Waals surface area contributed by atoms with Crippen LogP contribution in [0.5, 0.6) is 0 Å². The fourth-order valence-corrected chi connectivity index (χ4v) is 2.14. The molecule has 1 atom stereocenters. The smallest absolute Gasteiger partial charge is 0.0312 e. The third-order valence-electron chi connectivity index (χ3n) is 2.97.